The van der Waals surface area contributed by atoms with Crippen molar-refractivity contribution >= 4 is 27.0 Å². The van der Waals surface area contributed by atoms with Crippen molar-refractivity contribution in [1.82, 2.24) is 15.0 Å². The molecule has 0 atom stereocenters. The molecule has 1 N–H and O–H groups in total. The third kappa shape index (κ3) is 1.44. The van der Waals surface area contributed by atoms with Crippen LogP contribution in [0, 0.1) is 6.92 Å². The molecule has 0 fully saturated rings. The minimum absolute atomic E-state index is 0.674. The van der Waals surface area contributed by atoms with Crippen LogP contribution in [0.2, 0.25) is 0 Å². The van der Waals surface area contributed by atoms with Crippen LogP contribution in [0.4, 0.5) is 0 Å². The molecule has 0 saturated heterocycles. The third-order valence-corrected chi connectivity index (χ3v) is 2.97. The van der Waals surface area contributed by atoms with Crippen molar-refractivity contribution < 1.29 is 4.42 Å². The molecule has 1 aromatic carbocycles. The number of oxazole rings is 1. The van der Waals surface area contributed by atoms with Gasteiger partial charge in [-0.25, -0.2) is 9.97 Å². The smallest absolute Gasteiger partial charge is 0.192 e. The summed E-state index contributed by atoms with van der Waals surface area (Å²) >= 11 is 3.41. The van der Waals surface area contributed by atoms with Crippen molar-refractivity contribution in [2.75, 3.05) is 0 Å². The van der Waals surface area contributed by atoms with Crippen LogP contribution in [0.3, 0.4) is 0 Å². The summed E-state index contributed by atoms with van der Waals surface area (Å²) in [7, 11) is 0. The lowest BCUT2D eigenvalue weighted by molar-refractivity contribution is 0.561. The van der Waals surface area contributed by atoms with E-state index in [0.717, 1.165) is 27.0 Å². The van der Waals surface area contributed by atoms with E-state index in [0.29, 0.717) is 5.89 Å². The standard InChI is InChI=1S/C11H8BrN3O/c1-6-15-8-4-7(2-3-9(8)16-6)10-11(12)14-5-13-10/h2-5H,1H3,(H,13,14). The summed E-state index contributed by atoms with van der Waals surface area (Å²) in [5.41, 5.74) is 3.54. The topological polar surface area (TPSA) is 54.7 Å². The summed E-state index contributed by atoms with van der Waals surface area (Å²) in [5, 5.41) is 0. The molecular formula is C11H8BrN3O. The van der Waals surface area contributed by atoms with E-state index in [-0.39, 0.29) is 0 Å². The molecule has 0 amide bonds. The van der Waals surface area contributed by atoms with Crippen LogP contribution in [0.1, 0.15) is 5.89 Å². The van der Waals surface area contributed by atoms with E-state index in [1.807, 2.05) is 25.1 Å². The maximum atomic E-state index is 5.42. The van der Waals surface area contributed by atoms with Crippen molar-refractivity contribution in [3.63, 3.8) is 0 Å². The molecule has 2 aromatic heterocycles. The van der Waals surface area contributed by atoms with Gasteiger partial charge in [0.05, 0.1) is 6.33 Å². The lowest BCUT2D eigenvalue weighted by Gasteiger charge is -1.96. The van der Waals surface area contributed by atoms with Crippen molar-refractivity contribution in [3.05, 3.63) is 35.0 Å². The molecule has 3 aromatic rings. The van der Waals surface area contributed by atoms with Crippen LogP contribution in [-0.2, 0) is 0 Å². The van der Waals surface area contributed by atoms with Crippen LogP contribution in [-0.4, -0.2) is 15.0 Å². The average Bonchev–Trinajstić information content (AvgIpc) is 2.81. The van der Waals surface area contributed by atoms with Crippen LogP contribution in [0.25, 0.3) is 22.4 Å². The highest BCUT2D eigenvalue weighted by Crippen LogP contribution is 2.27. The van der Waals surface area contributed by atoms with Crippen LogP contribution in [0.5, 0.6) is 0 Å². The molecule has 0 bridgehead atoms. The van der Waals surface area contributed by atoms with Crippen LogP contribution >= 0.6 is 15.9 Å². The number of H-pyrrole nitrogens is 1. The van der Waals surface area contributed by atoms with E-state index >= 15 is 0 Å². The Labute approximate surface area is 99.8 Å². The van der Waals surface area contributed by atoms with Gasteiger partial charge in [-0.2, -0.15) is 0 Å². The monoisotopic (exact) mass is 277 g/mol. The van der Waals surface area contributed by atoms with Crippen molar-refractivity contribution in [2.45, 2.75) is 6.92 Å². The summed E-state index contributed by atoms with van der Waals surface area (Å²) in [6, 6.07) is 5.84. The van der Waals surface area contributed by atoms with Gasteiger partial charge in [-0.1, -0.05) is 0 Å². The molecule has 0 aliphatic heterocycles. The Hall–Kier alpha value is -1.62. The molecule has 0 spiro atoms. The van der Waals surface area contributed by atoms with Crippen LogP contribution < -0.4 is 0 Å². The van der Waals surface area contributed by atoms with E-state index in [9.17, 15) is 0 Å². The number of hydrogen-bond donors (Lipinski definition) is 1. The fourth-order valence-corrected chi connectivity index (χ4v) is 2.10. The Bertz CT molecular complexity index is 656. The predicted molar refractivity (Wildman–Crippen MR) is 64.0 cm³/mol. The maximum absolute atomic E-state index is 5.42. The second kappa shape index (κ2) is 3.45. The van der Waals surface area contributed by atoms with E-state index in [1.165, 1.54) is 0 Å². The number of imidazole rings is 1. The molecule has 3 rings (SSSR count). The Morgan fingerprint density at radius 3 is 3.00 bits per heavy atom. The van der Waals surface area contributed by atoms with Gasteiger partial charge in [0.15, 0.2) is 11.5 Å². The van der Waals surface area contributed by atoms with Gasteiger partial charge in [0, 0.05) is 12.5 Å². The summed E-state index contributed by atoms with van der Waals surface area (Å²) in [5.74, 6) is 0.674. The summed E-state index contributed by atoms with van der Waals surface area (Å²) in [6.07, 6.45) is 1.65. The largest absolute Gasteiger partial charge is 0.441 e. The summed E-state index contributed by atoms with van der Waals surface area (Å²) in [6.45, 7) is 1.84. The van der Waals surface area contributed by atoms with Gasteiger partial charge >= 0.3 is 0 Å². The Kier molecular flexibility index (Phi) is 2.07. The van der Waals surface area contributed by atoms with E-state index in [4.69, 9.17) is 4.42 Å². The van der Waals surface area contributed by atoms with Gasteiger partial charge in [-0.15, -0.1) is 0 Å². The minimum Gasteiger partial charge on any atom is -0.441 e. The highest BCUT2D eigenvalue weighted by molar-refractivity contribution is 9.10. The number of halogens is 1. The third-order valence-electron chi connectivity index (χ3n) is 2.36. The van der Waals surface area contributed by atoms with Crippen molar-refractivity contribution in [2.24, 2.45) is 0 Å². The van der Waals surface area contributed by atoms with Crippen molar-refractivity contribution in [3.8, 4) is 11.3 Å². The zero-order valence-corrected chi connectivity index (χ0v) is 10.1. The quantitative estimate of drug-likeness (QED) is 0.743. The first-order chi connectivity index (χ1) is 7.74. The number of aryl methyl sites for hydroxylation is 1. The predicted octanol–water partition coefficient (Wildman–Crippen LogP) is 3.29. The zero-order chi connectivity index (χ0) is 11.1. The molecule has 0 aliphatic rings. The average molecular weight is 278 g/mol. The van der Waals surface area contributed by atoms with Gasteiger partial charge < -0.3 is 9.40 Å². The number of aromatic amines is 1. The second-order valence-electron chi connectivity index (χ2n) is 3.48. The van der Waals surface area contributed by atoms with E-state index < -0.39 is 0 Å². The second-order valence-corrected chi connectivity index (χ2v) is 4.27. The molecule has 2 heterocycles. The maximum Gasteiger partial charge on any atom is 0.192 e. The first-order valence-corrected chi connectivity index (χ1v) is 5.60. The van der Waals surface area contributed by atoms with E-state index in [1.54, 1.807) is 6.33 Å². The number of benzene rings is 1. The lowest BCUT2D eigenvalue weighted by atomic mass is 10.1. The molecule has 4 nitrogen and oxygen atoms in total. The Balaban J connectivity index is 2.22. The molecule has 80 valence electrons. The highest BCUT2D eigenvalue weighted by Gasteiger charge is 2.08. The Morgan fingerprint density at radius 1 is 1.38 bits per heavy atom. The number of fused-ring (bicyclic) bond motifs is 1. The molecule has 0 saturated carbocycles. The summed E-state index contributed by atoms with van der Waals surface area (Å²) < 4.78 is 6.29. The molecule has 0 aliphatic carbocycles. The minimum atomic E-state index is 0.674. The number of nitrogens with one attached hydrogen (secondary N) is 1. The fraction of sp³-hybridized carbons (Fsp3) is 0.0909. The fourth-order valence-electron chi connectivity index (χ4n) is 1.67. The number of aromatic nitrogens is 3. The summed E-state index contributed by atoms with van der Waals surface area (Å²) in [4.78, 5) is 11.5. The highest BCUT2D eigenvalue weighted by atomic mass is 79.9. The number of hydrogen-bond acceptors (Lipinski definition) is 3. The van der Waals surface area contributed by atoms with Crippen LogP contribution in [0.15, 0.2) is 33.5 Å². The first-order valence-electron chi connectivity index (χ1n) is 4.80. The van der Waals surface area contributed by atoms with Gasteiger partial charge in [0.1, 0.15) is 15.8 Å². The zero-order valence-electron chi connectivity index (χ0n) is 8.49. The van der Waals surface area contributed by atoms with Gasteiger partial charge in [-0.3, -0.25) is 0 Å². The molecule has 16 heavy (non-hydrogen) atoms. The molecule has 0 unspecified atom stereocenters. The number of nitrogens with zero attached hydrogens (tertiary/aromatic N) is 2. The first kappa shape index (κ1) is 9.59. The molecular weight excluding hydrogens is 270 g/mol. The van der Waals surface area contributed by atoms with Crippen molar-refractivity contribution in [1.29, 1.82) is 0 Å². The van der Waals surface area contributed by atoms with Gasteiger partial charge in [0.2, 0.25) is 0 Å². The Morgan fingerprint density at radius 2 is 2.25 bits per heavy atom. The van der Waals surface area contributed by atoms with E-state index in [2.05, 4.69) is 30.9 Å². The molecule has 5 heteroatoms. The van der Waals surface area contributed by atoms with Gasteiger partial charge in [0.25, 0.3) is 0 Å². The SMILES string of the molecule is Cc1nc2cc(-c3nc[nH]c3Br)ccc2o1. The normalized spacial score (nSPS) is 11.1. The molecule has 0 radical (unpaired) electrons. The lowest BCUT2D eigenvalue weighted by Crippen LogP contribution is -1.79. The number of rotatable bonds is 1. The van der Waals surface area contributed by atoms with Gasteiger partial charge in [-0.05, 0) is 34.1 Å².